The van der Waals surface area contributed by atoms with Crippen molar-refractivity contribution in [2.75, 3.05) is 6.54 Å². The molecule has 3 heteroatoms. The maximum atomic E-state index is 9.58. The van der Waals surface area contributed by atoms with E-state index < -0.39 is 0 Å². The molecular formula is C12H15NO2. The van der Waals surface area contributed by atoms with Gasteiger partial charge in [-0.2, -0.15) is 0 Å². The highest BCUT2D eigenvalue weighted by atomic mass is 16.3. The van der Waals surface area contributed by atoms with Gasteiger partial charge >= 0.3 is 0 Å². The number of rotatable bonds is 3. The molecule has 0 radical (unpaired) electrons. The minimum Gasteiger partial charge on any atom is -0.507 e. The van der Waals surface area contributed by atoms with Gasteiger partial charge in [0.05, 0.1) is 12.1 Å². The molecular weight excluding hydrogens is 190 g/mol. The Hall–Kier alpha value is -1.66. The summed E-state index contributed by atoms with van der Waals surface area (Å²) in [5.41, 5.74) is 0.510. The quantitative estimate of drug-likeness (QED) is 0.659. The third-order valence-corrected chi connectivity index (χ3v) is 2.17. The fraction of sp³-hybridized carbons (Fsp3) is 0.333. The Morgan fingerprint density at radius 1 is 1.33 bits per heavy atom. The van der Waals surface area contributed by atoms with Gasteiger partial charge in [0.2, 0.25) is 0 Å². The highest BCUT2D eigenvalue weighted by molar-refractivity contribution is 5.44. The number of hydrogen-bond acceptors (Lipinski definition) is 3. The maximum Gasteiger partial charge on any atom is 0.124 e. The van der Waals surface area contributed by atoms with Crippen molar-refractivity contribution in [3.63, 3.8) is 0 Å². The van der Waals surface area contributed by atoms with E-state index in [1.165, 1.54) is 0 Å². The first-order chi connectivity index (χ1) is 7.16. The lowest BCUT2D eigenvalue weighted by Crippen LogP contribution is -2.18. The number of nitrogens with one attached hydrogen (secondary N) is 1. The molecule has 15 heavy (non-hydrogen) atoms. The van der Waals surface area contributed by atoms with Crippen LogP contribution in [0.25, 0.3) is 0 Å². The molecule has 0 saturated heterocycles. The Labute approximate surface area is 89.8 Å². The molecule has 0 bridgehead atoms. The van der Waals surface area contributed by atoms with E-state index >= 15 is 0 Å². The molecule has 0 amide bonds. The normalized spacial score (nSPS) is 11.6. The van der Waals surface area contributed by atoms with Crippen LogP contribution in [0.1, 0.15) is 25.5 Å². The average Bonchev–Trinajstić information content (AvgIpc) is 2.18. The van der Waals surface area contributed by atoms with Crippen LogP contribution in [0.4, 0.5) is 0 Å². The first-order valence-corrected chi connectivity index (χ1v) is 4.80. The molecule has 3 N–H and O–H groups in total. The summed E-state index contributed by atoms with van der Waals surface area (Å²) in [4.78, 5) is 0. The van der Waals surface area contributed by atoms with Crippen LogP contribution in [0, 0.1) is 11.8 Å². The summed E-state index contributed by atoms with van der Waals surface area (Å²) >= 11 is 0. The third-order valence-electron chi connectivity index (χ3n) is 2.17. The predicted molar refractivity (Wildman–Crippen MR) is 59.6 cm³/mol. The van der Waals surface area contributed by atoms with Gasteiger partial charge in [0.25, 0.3) is 0 Å². The monoisotopic (exact) mass is 205 g/mol. The molecule has 1 unspecified atom stereocenters. The van der Waals surface area contributed by atoms with Crippen molar-refractivity contribution < 1.29 is 10.2 Å². The first kappa shape index (κ1) is 11.4. The Bertz CT molecular complexity index is 370. The van der Waals surface area contributed by atoms with Crippen LogP contribution in [0.15, 0.2) is 18.2 Å². The number of phenolic OH excluding ortho intramolecular Hbond substituents is 2. The van der Waals surface area contributed by atoms with Crippen molar-refractivity contribution in [1.29, 1.82) is 0 Å². The van der Waals surface area contributed by atoms with Crippen LogP contribution in [-0.4, -0.2) is 16.8 Å². The summed E-state index contributed by atoms with van der Waals surface area (Å²) in [6.45, 7) is 4.17. The number of aromatic hydroxyl groups is 2. The molecule has 0 heterocycles. The van der Waals surface area contributed by atoms with Crippen LogP contribution in [0.3, 0.4) is 0 Å². The molecule has 0 aliphatic carbocycles. The van der Waals surface area contributed by atoms with Crippen molar-refractivity contribution in [1.82, 2.24) is 5.32 Å². The summed E-state index contributed by atoms with van der Waals surface area (Å²) < 4.78 is 0. The molecule has 1 aromatic rings. The summed E-state index contributed by atoms with van der Waals surface area (Å²) in [5, 5.41) is 22.3. The summed E-state index contributed by atoms with van der Waals surface area (Å²) in [7, 11) is 0. The third kappa shape index (κ3) is 2.90. The Kier molecular flexibility index (Phi) is 4.02. The number of phenols is 2. The Balaban J connectivity index is 2.79. The fourth-order valence-corrected chi connectivity index (χ4v) is 1.38. The summed E-state index contributed by atoms with van der Waals surface area (Å²) in [6.07, 6.45) is 0. The molecule has 0 spiro atoms. The second-order valence-electron chi connectivity index (χ2n) is 3.24. The molecule has 1 atom stereocenters. The summed E-state index contributed by atoms with van der Waals surface area (Å²) in [6, 6.07) is 4.58. The van der Waals surface area contributed by atoms with Crippen molar-refractivity contribution >= 4 is 0 Å². The second-order valence-corrected chi connectivity index (χ2v) is 3.24. The van der Waals surface area contributed by atoms with Gasteiger partial charge in [-0.3, -0.25) is 5.32 Å². The van der Waals surface area contributed by atoms with Gasteiger partial charge in [0.15, 0.2) is 0 Å². The highest BCUT2D eigenvalue weighted by Gasteiger charge is 2.13. The zero-order chi connectivity index (χ0) is 11.3. The molecule has 0 aromatic heterocycles. The van der Waals surface area contributed by atoms with Crippen molar-refractivity contribution in [3.8, 4) is 23.3 Å². The van der Waals surface area contributed by atoms with E-state index in [4.69, 9.17) is 0 Å². The minimum absolute atomic E-state index is 0.0967. The minimum atomic E-state index is -0.132. The number of benzene rings is 1. The van der Waals surface area contributed by atoms with Crippen LogP contribution >= 0.6 is 0 Å². The maximum absolute atomic E-state index is 9.58. The van der Waals surface area contributed by atoms with Gasteiger partial charge < -0.3 is 10.2 Å². The molecule has 0 fully saturated rings. The SMILES string of the molecule is CC#CCNC(C)c1c(O)cccc1O. The lowest BCUT2D eigenvalue weighted by Gasteiger charge is -2.15. The smallest absolute Gasteiger partial charge is 0.124 e. The van der Waals surface area contributed by atoms with E-state index in [1.54, 1.807) is 25.1 Å². The molecule has 1 aromatic carbocycles. The van der Waals surface area contributed by atoms with Crippen molar-refractivity contribution in [2.24, 2.45) is 0 Å². The lowest BCUT2D eigenvalue weighted by atomic mass is 10.1. The average molecular weight is 205 g/mol. The van der Waals surface area contributed by atoms with E-state index in [1.807, 2.05) is 6.92 Å². The molecule has 0 aliphatic heterocycles. The zero-order valence-corrected chi connectivity index (χ0v) is 8.91. The summed E-state index contributed by atoms with van der Waals surface area (Å²) in [5.74, 6) is 5.82. The molecule has 80 valence electrons. The van der Waals surface area contributed by atoms with Crippen molar-refractivity contribution in [2.45, 2.75) is 19.9 Å². The Morgan fingerprint density at radius 3 is 2.47 bits per heavy atom. The highest BCUT2D eigenvalue weighted by Crippen LogP contribution is 2.31. The van der Waals surface area contributed by atoms with E-state index in [-0.39, 0.29) is 17.5 Å². The number of hydrogen-bond donors (Lipinski definition) is 3. The first-order valence-electron chi connectivity index (χ1n) is 4.80. The van der Waals surface area contributed by atoms with Gasteiger partial charge in [0, 0.05) is 6.04 Å². The largest absolute Gasteiger partial charge is 0.507 e. The molecule has 0 saturated carbocycles. The van der Waals surface area contributed by atoms with Gasteiger partial charge in [-0.05, 0) is 26.0 Å². The van der Waals surface area contributed by atoms with E-state index in [0.717, 1.165) is 0 Å². The topological polar surface area (TPSA) is 52.5 Å². The molecule has 1 rings (SSSR count). The standard InChI is InChI=1S/C12H15NO2/c1-3-4-8-13-9(2)12-10(14)6-5-7-11(12)15/h5-7,9,13-15H,8H2,1-2H3. The predicted octanol–water partition coefficient (Wildman–Crippen LogP) is 1.77. The molecule has 0 aliphatic rings. The van der Waals surface area contributed by atoms with Crippen LogP contribution < -0.4 is 5.32 Å². The second kappa shape index (κ2) is 5.28. The van der Waals surface area contributed by atoms with Crippen LogP contribution in [-0.2, 0) is 0 Å². The Morgan fingerprint density at radius 2 is 1.93 bits per heavy atom. The van der Waals surface area contributed by atoms with Crippen LogP contribution in [0.5, 0.6) is 11.5 Å². The van der Waals surface area contributed by atoms with E-state index in [0.29, 0.717) is 12.1 Å². The fourth-order valence-electron chi connectivity index (χ4n) is 1.38. The van der Waals surface area contributed by atoms with Gasteiger partial charge in [-0.25, -0.2) is 0 Å². The van der Waals surface area contributed by atoms with Crippen LogP contribution in [0.2, 0.25) is 0 Å². The zero-order valence-electron chi connectivity index (χ0n) is 8.91. The van der Waals surface area contributed by atoms with E-state index in [2.05, 4.69) is 17.2 Å². The van der Waals surface area contributed by atoms with Gasteiger partial charge in [0.1, 0.15) is 11.5 Å². The van der Waals surface area contributed by atoms with Crippen molar-refractivity contribution in [3.05, 3.63) is 23.8 Å². The van der Waals surface area contributed by atoms with E-state index in [9.17, 15) is 10.2 Å². The van der Waals surface area contributed by atoms with Gasteiger partial charge in [-0.1, -0.05) is 12.0 Å². The molecule has 3 nitrogen and oxygen atoms in total. The lowest BCUT2D eigenvalue weighted by molar-refractivity contribution is 0.422. The van der Waals surface area contributed by atoms with Gasteiger partial charge in [-0.15, -0.1) is 5.92 Å².